The summed E-state index contributed by atoms with van der Waals surface area (Å²) in [6.45, 7) is 2.29. The number of fused-ring (bicyclic) bond motifs is 1. The highest BCUT2D eigenvalue weighted by atomic mass is 35.5. The van der Waals surface area contributed by atoms with Crippen molar-refractivity contribution in [3.8, 4) is 0 Å². The number of benzene rings is 1. The molecule has 110 valence electrons. The Bertz CT molecular complexity index is 651. The molecule has 0 spiro atoms. The molecule has 3 nitrogen and oxygen atoms in total. The molecule has 0 aliphatic heterocycles. The monoisotopic (exact) mass is 337 g/mol. The van der Waals surface area contributed by atoms with Crippen LogP contribution in [0, 0.1) is 5.92 Å². The first-order valence-corrected chi connectivity index (χ1v) is 8.52. The van der Waals surface area contributed by atoms with E-state index in [1.54, 1.807) is 11.3 Å². The van der Waals surface area contributed by atoms with Crippen LogP contribution in [0.5, 0.6) is 0 Å². The van der Waals surface area contributed by atoms with Gasteiger partial charge in [0.2, 0.25) is 0 Å². The number of nitrogens with one attached hydrogen (secondary N) is 2. The Balaban J connectivity index is 1.64. The normalized spacial score (nSPS) is 17.1. The molecule has 3 rings (SSSR count). The fourth-order valence-corrected chi connectivity index (χ4v) is 3.97. The zero-order chi connectivity index (χ0) is 14.8. The van der Waals surface area contributed by atoms with Crippen LogP contribution in [0.25, 0.3) is 0 Å². The van der Waals surface area contributed by atoms with Gasteiger partial charge in [-0.15, -0.1) is 11.3 Å². The molecule has 0 fully saturated rings. The molecule has 0 unspecified atom stereocenters. The molecule has 1 aliphatic rings. The second-order valence-electron chi connectivity index (χ2n) is 5.32. The fraction of sp³-hybridized carbons (Fsp3) is 0.333. The molecule has 1 heterocycles. The van der Waals surface area contributed by atoms with Crippen LogP contribution in [0.3, 0.4) is 0 Å². The number of nitrogens with zero attached hydrogens (tertiary/aromatic N) is 1. The lowest BCUT2D eigenvalue weighted by Gasteiger charge is -2.15. The van der Waals surface area contributed by atoms with E-state index in [1.165, 1.54) is 17.0 Å². The van der Waals surface area contributed by atoms with Crippen LogP contribution in [0.15, 0.2) is 24.3 Å². The minimum Gasteiger partial charge on any atom is -0.332 e. The standard InChI is InChI=1S/C15H16ClN3S2/c1-9-2-7-12-13(8-9)21-15(18-12)19-14(20)17-11-5-3-10(16)4-6-11/h3-6,9H,2,7-8H2,1H3,(H2,17,18,19,20)/t9-/m1/s1. The third kappa shape index (κ3) is 3.73. The van der Waals surface area contributed by atoms with Crippen molar-refractivity contribution >= 4 is 51.1 Å². The van der Waals surface area contributed by atoms with Crippen LogP contribution in [-0.4, -0.2) is 10.1 Å². The molecular weight excluding hydrogens is 322 g/mol. The van der Waals surface area contributed by atoms with Crippen molar-refractivity contribution in [3.63, 3.8) is 0 Å². The maximum atomic E-state index is 5.86. The molecule has 0 radical (unpaired) electrons. The van der Waals surface area contributed by atoms with Crippen LogP contribution >= 0.6 is 35.2 Å². The quantitative estimate of drug-likeness (QED) is 0.777. The summed E-state index contributed by atoms with van der Waals surface area (Å²) in [5, 5.41) is 8.44. The number of hydrogen-bond donors (Lipinski definition) is 2. The largest absolute Gasteiger partial charge is 0.332 e. The maximum Gasteiger partial charge on any atom is 0.189 e. The SMILES string of the molecule is C[C@@H]1CCc2nc(NC(=S)Nc3ccc(Cl)cc3)sc2C1. The summed E-state index contributed by atoms with van der Waals surface area (Å²) in [7, 11) is 0. The lowest BCUT2D eigenvalue weighted by atomic mass is 9.93. The van der Waals surface area contributed by atoms with Gasteiger partial charge in [-0.1, -0.05) is 18.5 Å². The molecule has 1 aromatic carbocycles. The first-order valence-electron chi connectivity index (χ1n) is 6.92. The third-order valence-electron chi connectivity index (χ3n) is 3.51. The lowest BCUT2D eigenvalue weighted by Crippen LogP contribution is -2.18. The van der Waals surface area contributed by atoms with Gasteiger partial charge in [0, 0.05) is 15.6 Å². The minimum atomic E-state index is 0.552. The first-order chi connectivity index (χ1) is 10.1. The van der Waals surface area contributed by atoms with E-state index in [0.717, 1.165) is 29.6 Å². The summed E-state index contributed by atoms with van der Waals surface area (Å²) in [4.78, 5) is 6.03. The van der Waals surface area contributed by atoms with E-state index in [-0.39, 0.29) is 0 Å². The number of halogens is 1. The Morgan fingerprint density at radius 1 is 1.33 bits per heavy atom. The Hall–Kier alpha value is -1.17. The average Bonchev–Trinajstić information content (AvgIpc) is 2.82. The van der Waals surface area contributed by atoms with Crippen molar-refractivity contribution in [2.24, 2.45) is 5.92 Å². The Morgan fingerprint density at radius 3 is 2.86 bits per heavy atom. The van der Waals surface area contributed by atoms with Gasteiger partial charge in [-0.2, -0.15) is 0 Å². The highest BCUT2D eigenvalue weighted by Crippen LogP contribution is 2.32. The summed E-state index contributed by atoms with van der Waals surface area (Å²) in [6.07, 6.45) is 3.43. The minimum absolute atomic E-state index is 0.552. The molecule has 21 heavy (non-hydrogen) atoms. The molecule has 1 atom stereocenters. The molecule has 0 bridgehead atoms. The summed E-state index contributed by atoms with van der Waals surface area (Å²) < 4.78 is 0. The van der Waals surface area contributed by atoms with Gasteiger partial charge < -0.3 is 10.6 Å². The molecular formula is C15H16ClN3S2. The van der Waals surface area contributed by atoms with Crippen LogP contribution < -0.4 is 10.6 Å². The van der Waals surface area contributed by atoms with E-state index >= 15 is 0 Å². The van der Waals surface area contributed by atoms with E-state index in [2.05, 4.69) is 22.5 Å². The topological polar surface area (TPSA) is 37.0 Å². The van der Waals surface area contributed by atoms with Crippen LogP contribution in [-0.2, 0) is 12.8 Å². The Kier molecular flexibility index (Phi) is 4.42. The van der Waals surface area contributed by atoms with Crippen LogP contribution in [0.1, 0.15) is 23.9 Å². The third-order valence-corrected chi connectivity index (χ3v) is 5.00. The number of anilines is 2. The second kappa shape index (κ2) is 6.30. The zero-order valence-electron chi connectivity index (χ0n) is 11.6. The number of hydrogen-bond acceptors (Lipinski definition) is 3. The van der Waals surface area contributed by atoms with Crippen molar-refractivity contribution in [1.82, 2.24) is 4.98 Å². The van der Waals surface area contributed by atoms with Crippen LogP contribution in [0.2, 0.25) is 5.02 Å². The molecule has 0 saturated heterocycles. The van der Waals surface area contributed by atoms with Crippen molar-refractivity contribution in [2.75, 3.05) is 10.6 Å². The second-order valence-corrected chi connectivity index (χ2v) is 7.25. The first kappa shape index (κ1) is 14.8. The predicted molar refractivity (Wildman–Crippen MR) is 94.6 cm³/mol. The van der Waals surface area contributed by atoms with Gasteiger partial charge in [0.15, 0.2) is 10.2 Å². The smallest absolute Gasteiger partial charge is 0.189 e. The van der Waals surface area contributed by atoms with Crippen LogP contribution in [0.4, 0.5) is 10.8 Å². The Labute approximate surface area is 138 Å². The number of thiazole rings is 1. The average molecular weight is 338 g/mol. The highest BCUT2D eigenvalue weighted by Gasteiger charge is 2.19. The summed E-state index contributed by atoms with van der Waals surface area (Å²) in [5.41, 5.74) is 2.14. The fourth-order valence-electron chi connectivity index (χ4n) is 2.39. The van der Waals surface area contributed by atoms with Gasteiger partial charge in [0.05, 0.1) is 5.69 Å². The van der Waals surface area contributed by atoms with Crippen molar-refractivity contribution in [2.45, 2.75) is 26.2 Å². The van der Waals surface area contributed by atoms with E-state index in [0.29, 0.717) is 10.1 Å². The van der Waals surface area contributed by atoms with E-state index in [1.807, 2.05) is 24.3 Å². The number of aromatic nitrogens is 1. The van der Waals surface area contributed by atoms with Crippen molar-refractivity contribution < 1.29 is 0 Å². The van der Waals surface area contributed by atoms with Gasteiger partial charge in [0.1, 0.15) is 0 Å². The zero-order valence-corrected chi connectivity index (χ0v) is 14.0. The number of rotatable bonds is 2. The van der Waals surface area contributed by atoms with E-state index in [4.69, 9.17) is 23.8 Å². The van der Waals surface area contributed by atoms with Gasteiger partial charge >= 0.3 is 0 Å². The number of aryl methyl sites for hydroxylation is 1. The van der Waals surface area contributed by atoms with Crippen molar-refractivity contribution in [1.29, 1.82) is 0 Å². The lowest BCUT2D eigenvalue weighted by molar-refractivity contribution is 0.502. The summed E-state index contributed by atoms with van der Waals surface area (Å²) >= 11 is 12.9. The molecule has 2 aromatic rings. The van der Waals surface area contributed by atoms with Gasteiger partial charge in [-0.25, -0.2) is 4.98 Å². The molecule has 0 amide bonds. The molecule has 6 heteroatoms. The van der Waals surface area contributed by atoms with Gasteiger partial charge in [-0.3, -0.25) is 0 Å². The maximum absolute atomic E-state index is 5.86. The van der Waals surface area contributed by atoms with E-state index in [9.17, 15) is 0 Å². The molecule has 0 saturated carbocycles. The Morgan fingerprint density at radius 2 is 2.10 bits per heavy atom. The molecule has 2 N–H and O–H groups in total. The highest BCUT2D eigenvalue weighted by molar-refractivity contribution is 7.80. The molecule has 1 aromatic heterocycles. The molecule has 1 aliphatic carbocycles. The van der Waals surface area contributed by atoms with Gasteiger partial charge in [-0.05, 0) is 61.7 Å². The summed E-state index contributed by atoms with van der Waals surface area (Å²) in [6, 6.07) is 7.45. The number of thiocarbonyl (C=S) groups is 1. The van der Waals surface area contributed by atoms with E-state index < -0.39 is 0 Å². The summed E-state index contributed by atoms with van der Waals surface area (Å²) in [5.74, 6) is 0.755. The van der Waals surface area contributed by atoms with Gasteiger partial charge in [0.25, 0.3) is 0 Å². The van der Waals surface area contributed by atoms with Crippen molar-refractivity contribution in [3.05, 3.63) is 39.9 Å². The predicted octanol–water partition coefficient (Wildman–Crippen LogP) is 4.73.